The maximum Gasteiger partial charge on any atom is 0.198 e. The van der Waals surface area contributed by atoms with E-state index in [4.69, 9.17) is 18.9 Å². The van der Waals surface area contributed by atoms with Crippen LogP contribution in [0, 0.1) is 0 Å². The van der Waals surface area contributed by atoms with Gasteiger partial charge in [-0.3, -0.25) is 0 Å². The van der Waals surface area contributed by atoms with E-state index in [1.165, 1.54) is 26.4 Å². The molecule has 0 aromatic heterocycles. The second-order valence-electron chi connectivity index (χ2n) is 8.61. The summed E-state index contributed by atoms with van der Waals surface area (Å²) in [6.07, 6.45) is 1.14. The van der Waals surface area contributed by atoms with Crippen molar-refractivity contribution in [2.45, 2.75) is 29.8 Å². The molecule has 11 heteroatoms. The Morgan fingerprint density at radius 1 is 0.750 bits per heavy atom. The number of benzene rings is 2. The van der Waals surface area contributed by atoms with Gasteiger partial charge in [-0.15, -0.1) is 0 Å². The third-order valence-electron chi connectivity index (χ3n) is 6.55. The van der Waals surface area contributed by atoms with Crippen molar-refractivity contribution in [3.63, 3.8) is 0 Å². The van der Waals surface area contributed by atoms with E-state index in [1.54, 1.807) is 20.3 Å². The lowest BCUT2D eigenvalue weighted by Gasteiger charge is -2.37. The Kier molecular flexibility index (Phi) is 9.13. The molecule has 0 aliphatic carbocycles. The highest BCUT2D eigenvalue weighted by atomic mass is 32.3. The molecule has 0 radical (unpaired) electrons. The Labute approximate surface area is 213 Å². The van der Waals surface area contributed by atoms with Crippen molar-refractivity contribution < 1.29 is 35.8 Å². The Balaban J connectivity index is 1.75. The molecule has 0 amide bonds. The average molecular weight is 542 g/mol. The molecule has 2 aromatic carbocycles. The Bertz CT molecular complexity index is 1220. The molecule has 0 saturated carbocycles. The van der Waals surface area contributed by atoms with E-state index in [-0.39, 0.29) is 29.9 Å². The van der Waals surface area contributed by atoms with Crippen molar-refractivity contribution in [3.05, 3.63) is 47.5 Å². The number of ether oxygens (including phenoxy) is 4. The zero-order valence-electron chi connectivity index (χ0n) is 21.2. The van der Waals surface area contributed by atoms with E-state index < -0.39 is 23.8 Å². The fraction of sp³-hybridized carbons (Fsp3) is 0.520. The lowest BCUT2D eigenvalue weighted by molar-refractivity contribution is 0.354. The summed E-state index contributed by atoms with van der Waals surface area (Å²) in [4.78, 5) is 0. The third-order valence-corrected chi connectivity index (χ3v) is 12.6. The SMILES string of the molecule is COc1ccc(CCNCCCC2(c3ccc(OC)c(OC)c3)S(=O)(=O)CCCS2(=O)=O)cc1OC. The normalized spacial score (nSPS) is 17.8. The van der Waals surface area contributed by atoms with Crippen molar-refractivity contribution in [1.29, 1.82) is 0 Å². The average Bonchev–Trinajstić information content (AvgIpc) is 2.86. The van der Waals surface area contributed by atoms with Crippen LogP contribution in [0.25, 0.3) is 0 Å². The smallest absolute Gasteiger partial charge is 0.198 e. The largest absolute Gasteiger partial charge is 0.493 e. The third kappa shape index (κ3) is 5.42. The number of hydrogen-bond donors (Lipinski definition) is 1. The minimum Gasteiger partial charge on any atom is -0.493 e. The molecule has 1 saturated heterocycles. The maximum atomic E-state index is 13.4. The summed E-state index contributed by atoms with van der Waals surface area (Å²) >= 11 is 0. The molecule has 0 spiro atoms. The van der Waals surface area contributed by atoms with Gasteiger partial charge in [0.25, 0.3) is 0 Å². The summed E-state index contributed by atoms with van der Waals surface area (Å²) in [5.41, 5.74) is 1.25. The molecule has 2 aromatic rings. The first-order valence-electron chi connectivity index (χ1n) is 11.7. The summed E-state index contributed by atoms with van der Waals surface area (Å²) in [7, 11) is -1.89. The molecule has 36 heavy (non-hydrogen) atoms. The van der Waals surface area contributed by atoms with Gasteiger partial charge in [-0.25, -0.2) is 16.8 Å². The number of methoxy groups -OCH3 is 4. The molecular weight excluding hydrogens is 506 g/mol. The first kappa shape index (κ1) is 28.1. The van der Waals surface area contributed by atoms with Crippen molar-refractivity contribution in [2.24, 2.45) is 0 Å². The van der Waals surface area contributed by atoms with Gasteiger partial charge in [0.1, 0.15) is 0 Å². The summed E-state index contributed by atoms with van der Waals surface area (Å²) in [5.74, 6) is 1.65. The van der Waals surface area contributed by atoms with Crippen molar-refractivity contribution in [3.8, 4) is 23.0 Å². The van der Waals surface area contributed by atoms with Crippen molar-refractivity contribution in [2.75, 3.05) is 53.0 Å². The number of nitrogens with one attached hydrogen (secondary N) is 1. The van der Waals surface area contributed by atoms with Crippen LogP contribution in [-0.4, -0.2) is 69.9 Å². The van der Waals surface area contributed by atoms with E-state index >= 15 is 0 Å². The zero-order valence-corrected chi connectivity index (χ0v) is 22.8. The lowest BCUT2D eigenvalue weighted by atomic mass is 10.1. The predicted octanol–water partition coefficient (Wildman–Crippen LogP) is 2.72. The second kappa shape index (κ2) is 11.7. The van der Waals surface area contributed by atoms with Gasteiger partial charge < -0.3 is 24.3 Å². The van der Waals surface area contributed by atoms with Crippen LogP contribution in [0.5, 0.6) is 23.0 Å². The molecule has 1 aliphatic rings. The fourth-order valence-corrected chi connectivity index (χ4v) is 10.5. The molecule has 200 valence electrons. The van der Waals surface area contributed by atoms with Crippen LogP contribution in [0.2, 0.25) is 0 Å². The topological polar surface area (TPSA) is 117 Å². The molecule has 1 aliphatic heterocycles. The first-order valence-corrected chi connectivity index (χ1v) is 15.0. The van der Waals surface area contributed by atoms with Gasteiger partial charge in [0.05, 0.1) is 39.9 Å². The molecular formula is C25H35NO8S2. The van der Waals surface area contributed by atoms with Crippen molar-refractivity contribution in [1.82, 2.24) is 5.32 Å². The van der Waals surface area contributed by atoms with E-state index in [0.717, 1.165) is 12.0 Å². The van der Waals surface area contributed by atoms with E-state index in [9.17, 15) is 16.8 Å². The summed E-state index contributed by atoms with van der Waals surface area (Å²) < 4.78 is 72.8. The van der Waals surface area contributed by atoms with E-state index in [1.807, 2.05) is 18.2 Å². The molecule has 0 atom stereocenters. The van der Waals surface area contributed by atoms with Gasteiger partial charge in [0.15, 0.2) is 46.8 Å². The van der Waals surface area contributed by atoms with Crippen LogP contribution in [0.1, 0.15) is 30.4 Å². The summed E-state index contributed by atoms with van der Waals surface area (Å²) in [6, 6.07) is 10.3. The van der Waals surface area contributed by atoms with Gasteiger partial charge in [0, 0.05) is 0 Å². The maximum absolute atomic E-state index is 13.4. The minimum atomic E-state index is -3.98. The standard InChI is InChI=1S/C25H35NO8S2/c1-31-21-9-7-19(17-23(21)33-3)11-14-26-13-5-12-25(35(27,28)15-6-16-36(25,29)30)20-8-10-22(32-2)24(18-20)34-4/h7-10,17-18,26H,5-6,11-16H2,1-4H3. The molecule has 1 N–H and O–H groups in total. The number of sulfone groups is 2. The minimum absolute atomic E-state index is 0.0451. The second-order valence-corrected chi connectivity index (χ2v) is 13.5. The summed E-state index contributed by atoms with van der Waals surface area (Å²) in [5, 5.41) is 3.30. The summed E-state index contributed by atoms with van der Waals surface area (Å²) in [6.45, 7) is 1.10. The van der Waals surface area contributed by atoms with Gasteiger partial charge in [0.2, 0.25) is 0 Å². The van der Waals surface area contributed by atoms with Gasteiger partial charge in [-0.05, 0) is 74.2 Å². The van der Waals surface area contributed by atoms with Crippen LogP contribution in [0.15, 0.2) is 36.4 Å². The predicted molar refractivity (Wildman–Crippen MR) is 139 cm³/mol. The van der Waals surface area contributed by atoms with Crippen LogP contribution < -0.4 is 24.3 Å². The molecule has 0 bridgehead atoms. The van der Waals surface area contributed by atoms with Gasteiger partial charge in [-0.2, -0.15) is 0 Å². The molecule has 0 unspecified atom stereocenters. The van der Waals surface area contributed by atoms with E-state index in [0.29, 0.717) is 42.5 Å². The van der Waals surface area contributed by atoms with Crippen LogP contribution >= 0.6 is 0 Å². The van der Waals surface area contributed by atoms with E-state index in [2.05, 4.69) is 5.32 Å². The van der Waals surface area contributed by atoms with Crippen molar-refractivity contribution >= 4 is 19.7 Å². The molecule has 1 fully saturated rings. The number of rotatable bonds is 12. The monoisotopic (exact) mass is 541 g/mol. The number of hydrogen-bond acceptors (Lipinski definition) is 9. The molecule has 1 heterocycles. The quantitative estimate of drug-likeness (QED) is 0.405. The van der Waals surface area contributed by atoms with Gasteiger partial charge >= 0.3 is 0 Å². The van der Waals surface area contributed by atoms with Crippen LogP contribution in [0.4, 0.5) is 0 Å². The van der Waals surface area contributed by atoms with Crippen LogP contribution in [-0.2, 0) is 30.2 Å². The highest BCUT2D eigenvalue weighted by Crippen LogP contribution is 2.47. The molecule has 9 nitrogen and oxygen atoms in total. The Hall–Kier alpha value is -2.50. The fourth-order valence-electron chi connectivity index (χ4n) is 4.69. The molecule has 3 rings (SSSR count). The lowest BCUT2D eigenvalue weighted by Crippen LogP contribution is -2.50. The highest BCUT2D eigenvalue weighted by molar-refractivity contribution is 8.10. The highest BCUT2D eigenvalue weighted by Gasteiger charge is 2.57. The Morgan fingerprint density at radius 2 is 1.31 bits per heavy atom. The first-order chi connectivity index (χ1) is 17.2. The van der Waals surface area contributed by atoms with Gasteiger partial charge in [-0.1, -0.05) is 12.1 Å². The van der Waals surface area contributed by atoms with Crippen LogP contribution in [0.3, 0.4) is 0 Å². The Morgan fingerprint density at radius 3 is 1.89 bits per heavy atom. The zero-order chi connectivity index (χ0) is 26.4.